The van der Waals surface area contributed by atoms with E-state index in [4.69, 9.17) is 0 Å². The Morgan fingerprint density at radius 3 is 1.89 bits per heavy atom. The van der Waals surface area contributed by atoms with Crippen molar-refractivity contribution in [3.63, 3.8) is 0 Å². The van der Waals surface area contributed by atoms with Crippen LogP contribution in [0.2, 0.25) is 0 Å². The molecule has 0 atom stereocenters. The Morgan fingerprint density at radius 2 is 1.33 bits per heavy atom. The first-order valence-corrected chi connectivity index (χ1v) is 11.6. The summed E-state index contributed by atoms with van der Waals surface area (Å²) in [7, 11) is 0. The van der Waals surface area contributed by atoms with Gasteiger partial charge < -0.3 is 0 Å². The van der Waals surface area contributed by atoms with Crippen LogP contribution in [0.4, 0.5) is 8.78 Å². The molecule has 0 spiro atoms. The highest BCUT2D eigenvalue weighted by Gasteiger charge is 2.30. The molecule has 0 amide bonds. The predicted molar refractivity (Wildman–Crippen MR) is 110 cm³/mol. The van der Waals surface area contributed by atoms with Gasteiger partial charge in [0.1, 0.15) is 0 Å². The fraction of sp³-hybridized carbons (Fsp3) is 0.760. The maximum atomic E-state index is 13.3. The van der Waals surface area contributed by atoms with E-state index in [1.165, 1.54) is 89.2 Å². The van der Waals surface area contributed by atoms with Crippen LogP contribution in [-0.4, -0.2) is 0 Å². The lowest BCUT2D eigenvalue weighted by Crippen LogP contribution is -2.26. The number of halogens is 2. The smallest absolute Gasteiger partial charge is 0.159 e. The molecule has 0 saturated heterocycles. The zero-order valence-electron chi connectivity index (χ0n) is 17.2. The number of rotatable bonds is 8. The molecular weight excluding hydrogens is 338 g/mol. The normalized spacial score (nSPS) is 29.0. The zero-order valence-corrected chi connectivity index (χ0v) is 17.2. The molecule has 1 aromatic rings. The van der Waals surface area contributed by atoms with Crippen molar-refractivity contribution < 1.29 is 8.78 Å². The first kappa shape index (κ1) is 20.8. The minimum absolute atomic E-state index is 0.707. The SMILES string of the molecule is CCCCC[C@H]1CC[C@H](C2CCC(CCc3ccc(F)c(F)c3)CC2)CC1. The second-order valence-corrected chi connectivity index (χ2v) is 9.34. The molecule has 0 heterocycles. The summed E-state index contributed by atoms with van der Waals surface area (Å²) in [6, 6.07) is 4.38. The monoisotopic (exact) mass is 376 g/mol. The van der Waals surface area contributed by atoms with E-state index in [2.05, 4.69) is 6.92 Å². The summed E-state index contributed by atoms with van der Waals surface area (Å²) in [6.45, 7) is 2.30. The molecule has 2 aliphatic carbocycles. The average Bonchev–Trinajstić information content (AvgIpc) is 2.70. The lowest BCUT2D eigenvalue weighted by molar-refractivity contribution is 0.140. The predicted octanol–water partition coefficient (Wildman–Crippen LogP) is 8.09. The van der Waals surface area contributed by atoms with Gasteiger partial charge in [-0.15, -0.1) is 0 Å². The van der Waals surface area contributed by atoms with Gasteiger partial charge in [-0.25, -0.2) is 8.78 Å². The molecule has 0 bridgehead atoms. The summed E-state index contributed by atoms with van der Waals surface area (Å²) in [5.41, 5.74) is 0.942. The van der Waals surface area contributed by atoms with E-state index in [0.29, 0.717) is 0 Å². The second-order valence-electron chi connectivity index (χ2n) is 9.34. The molecule has 1 aromatic carbocycles. The maximum Gasteiger partial charge on any atom is 0.159 e. The van der Waals surface area contributed by atoms with Gasteiger partial charge in [-0.05, 0) is 79.9 Å². The van der Waals surface area contributed by atoms with Gasteiger partial charge in [-0.2, -0.15) is 0 Å². The summed E-state index contributed by atoms with van der Waals surface area (Å²) >= 11 is 0. The maximum absolute atomic E-state index is 13.3. The molecule has 0 N–H and O–H groups in total. The Bertz CT molecular complexity index is 551. The minimum atomic E-state index is -0.737. The highest BCUT2D eigenvalue weighted by Crippen LogP contribution is 2.43. The van der Waals surface area contributed by atoms with Crippen LogP contribution in [0.3, 0.4) is 0 Å². The Hall–Kier alpha value is -0.920. The summed E-state index contributed by atoms with van der Waals surface area (Å²) in [6.07, 6.45) is 19.0. The standard InChI is InChI=1S/C25H38F2/c1-2-3-4-5-19-8-13-22(14-9-19)23-15-10-20(11-16-23)6-7-21-12-17-24(26)25(27)18-21/h12,17-20,22-23H,2-11,13-16H2,1H3/t19-,20?,22-,23?. The molecular formula is C25H38F2. The number of benzene rings is 1. The highest BCUT2D eigenvalue weighted by atomic mass is 19.2. The molecule has 0 aliphatic heterocycles. The summed E-state index contributed by atoms with van der Waals surface area (Å²) < 4.78 is 26.4. The van der Waals surface area contributed by atoms with Gasteiger partial charge >= 0.3 is 0 Å². The third-order valence-corrected chi connectivity index (χ3v) is 7.49. The van der Waals surface area contributed by atoms with E-state index < -0.39 is 11.6 Å². The van der Waals surface area contributed by atoms with E-state index in [1.807, 2.05) is 0 Å². The van der Waals surface area contributed by atoms with Gasteiger partial charge in [0.05, 0.1) is 0 Å². The summed E-state index contributed by atoms with van der Waals surface area (Å²) in [5.74, 6) is 2.29. The van der Waals surface area contributed by atoms with Crippen molar-refractivity contribution in [3.8, 4) is 0 Å². The van der Waals surface area contributed by atoms with Crippen molar-refractivity contribution in [2.75, 3.05) is 0 Å². The van der Waals surface area contributed by atoms with Crippen molar-refractivity contribution >= 4 is 0 Å². The van der Waals surface area contributed by atoms with Crippen molar-refractivity contribution in [1.82, 2.24) is 0 Å². The molecule has 27 heavy (non-hydrogen) atoms. The third kappa shape index (κ3) is 6.29. The van der Waals surface area contributed by atoms with Gasteiger partial charge in [0.25, 0.3) is 0 Å². The molecule has 2 fully saturated rings. The molecule has 0 aromatic heterocycles. The van der Waals surface area contributed by atoms with E-state index >= 15 is 0 Å². The number of hydrogen-bond acceptors (Lipinski definition) is 0. The third-order valence-electron chi connectivity index (χ3n) is 7.49. The van der Waals surface area contributed by atoms with E-state index in [-0.39, 0.29) is 0 Å². The van der Waals surface area contributed by atoms with Crippen LogP contribution in [-0.2, 0) is 6.42 Å². The zero-order chi connectivity index (χ0) is 19.1. The van der Waals surface area contributed by atoms with E-state index in [0.717, 1.165) is 42.1 Å². The largest absolute Gasteiger partial charge is 0.204 e. The molecule has 0 unspecified atom stereocenters. The van der Waals surface area contributed by atoms with Crippen LogP contribution < -0.4 is 0 Å². The van der Waals surface area contributed by atoms with Gasteiger partial charge in [0, 0.05) is 0 Å². The number of hydrogen-bond donors (Lipinski definition) is 0. The van der Waals surface area contributed by atoms with Gasteiger partial charge in [0.2, 0.25) is 0 Å². The van der Waals surface area contributed by atoms with Crippen molar-refractivity contribution in [2.24, 2.45) is 23.7 Å². The Balaban J connectivity index is 1.34. The van der Waals surface area contributed by atoms with Crippen LogP contribution in [0.5, 0.6) is 0 Å². The lowest BCUT2D eigenvalue weighted by Gasteiger charge is -2.38. The minimum Gasteiger partial charge on any atom is -0.204 e. The van der Waals surface area contributed by atoms with Gasteiger partial charge in [0.15, 0.2) is 11.6 Å². The Morgan fingerprint density at radius 1 is 0.741 bits per heavy atom. The van der Waals surface area contributed by atoms with Crippen LogP contribution in [0, 0.1) is 35.3 Å². The molecule has 2 saturated carbocycles. The molecule has 0 radical (unpaired) electrons. The number of aryl methyl sites for hydroxylation is 1. The van der Waals surface area contributed by atoms with Crippen molar-refractivity contribution in [3.05, 3.63) is 35.4 Å². The van der Waals surface area contributed by atoms with E-state index in [1.54, 1.807) is 6.07 Å². The molecule has 2 heteroatoms. The fourth-order valence-electron chi connectivity index (χ4n) is 5.65. The highest BCUT2D eigenvalue weighted by molar-refractivity contribution is 5.17. The first-order chi connectivity index (χ1) is 13.2. The Labute approximate surface area is 165 Å². The molecule has 2 aliphatic rings. The molecule has 3 rings (SSSR count). The fourth-order valence-corrected chi connectivity index (χ4v) is 5.65. The lowest BCUT2D eigenvalue weighted by atomic mass is 9.68. The molecule has 152 valence electrons. The summed E-state index contributed by atoms with van der Waals surface area (Å²) in [5, 5.41) is 0. The average molecular weight is 377 g/mol. The second kappa shape index (κ2) is 10.6. The van der Waals surface area contributed by atoms with Crippen LogP contribution in [0.15, 0.2) is 18.2 Å². The van der Waals surface area contributed by atoms with Gasteiger partial charge in [-0.3, -0.25) is 0 Å². The van der Waals surface area contributed by atoms with Crippen molar-refractivity contribution in [1.29, 1.82) is 0 Å². The topological polar surface area (TPSA) is 0 Å². The number of unbranched alkanes of at least 4 members (excludes halogenated alkanes) is 2. The van der Waals surface area contributed by atoms with E-state index in [9.17, 15) is 8.78 Å². The van der Waals surface area contributed by atoms with Gasteiger partial charge in [-0.1, -0.05) is 64.4 Å². The molecule has 0 nitrogen and oxygen atoms in total. The Kier molecular flexibility index (Phi) is 8.15. The quantitative estimate of drug-likeness (QED) is 0.402. The summed E-state index contributed by atoms with van der Waals surface area (Å²) in [4.78, 5) is 0. The van der Waals surface area contributed by atoms with Crippen LogP contribution in [0.25, 0.3) is 0 Å². The van der Waals surface area contributed by atoms with Crippen LogP contribution in [0.1, 0.15) is 96.0 Å². The van der Waals surface area contributed by atoms with Crippen molar-refractivity contribution in [2.45, 2.75) is 96.8 Å². The first-order valence-electron chi connectivity index (χ1n) is 11.6. The van der Waals surface area contributed by atoms with Crippen LogP contribution >= 0.6 is 0 Å².